The summed E-state index contributed by atoms with van der Waals surface area (Å²) in [6.45, 7) is 3.84. The van der Waals surface area contributed by atoms with Crippen molar-refractivity contribution in [2.75, 3.05) is 18.8 Å². The van der Waals surface area contributed by atoms with Gasteiger partial charge in [0.15, 0.2) is 0 Å². The fraction of sp³-hybridized carbons (Fsp3) is 0.750. The van der Waals surface area contributed by atoms with Crippen molar-refractivity contribution in [3.8, 4) is 0 Å². The first-order valence-electron chi connectivity index (χ1n) is 8.64. The summed E-state index contributed by atoms with van der Waals surface area (Å²) in [7, 11) is 0. The zero-order chi connectivity index (χ0) is 19.9. The molecule has 1 heterocycles. The first-order chi connectivity index (χ1) is 12.2. The lowest BCUT2D eigenvalue weighted by atomic mass is 10.0. The number of carboxylic acid groups (broad SMARTS) is 1. The Morgan fingerprint density at radius 2 is 1.96 bits per heavy atom. The molecule has 0 aliphatic carbocycles. The molecule has 3 unspecified atom stereocenters. The summed E-state index contributed by atoms with van der Waals surface area (Å²) in [6.07, 6.45) is 1.39. The average molecular weight is 388 g/mol. The third kappa shape index (κ3) is 6.49. The molecular formula is C16H28N4O5S. The Balaban J connectivity index is 2.71. The van der Waals surface area contributed by atoms with Gasteiger partial charge < -0.3 is 26.4 Å². The lowest BCUT2D eigenvalue weighted by Gasteiger charge is -2.28. The van der Waals surface area contributed by atoms with Crippen LogP contribution in [0.15, 0.2) is 0 Å². The molecule has 0 aromatic carbocycles. The molecule has 5 N–H and O–H groups in total. The molecule has 0 saturated carbocycles. The van der Waals surface area contributed by atoms with Gasteiger partial charge in [-0.1, -0.05) is 13.8 Å². The lowest BCUT2D eigenvalue weighted by molar-refractivity contribution is -0.149. The van der Waals surface area contributed by atoms with Gasteiger partial charge in [0.1, 0.15) is 12.1 Å². The molecule has 26 heavy (non-hydrogen) atoms. The predicted molar refractivity (Wildman–Crippen MR) is 98.6 cm³/mol. The predicted octanol–water partition coefficient (Wildman–Crippen LogP) is -1.03. The minimum Gasteiger partial charge on any atom is -0.480 e. The van der Waals surface area contributed by atoms with Crippen LogP contribution in [0.5, 0.6) is 0 Å². The number of carboxylic acids is 1. The van der Waals surface area contributed by atoms with Gasteiger partial charge in [-0.25, -0.2) is 4.79 Å². The Morgan fingerprint density at radius 1 is 1.31 bits per heavy atom. The van der Waals surface area contributed by atoms with Crippen LogP contribution in [0.4, 0.5) is 0 Å². The highest BCUT2D eigenvalue weighted by Gasteiger charge is 2.37. The van der Waals surface area contributed by atoms with Crippen molar-refractivity contribution in [2.24, 2.45) is 11.7 Å². The van der Waals surface area contributed by atoms with E-state index in [-0.39, 0.29) is 18.2 Å². The topological polar surface area (TPSA) is 142 Å². The van der Waals surface area contributed by atoms with E-state index in [0.717, 1.165) is 0 Å². The third-order valence-electron chi connectivity index (χ3n) is 4.12. The number of likely N-dealkylation sites (tertiary alicyclic amines) is 1. The molecule has 1 aliphatic rings. The van der Waals surface area contributed by atoms with Crippen LogP contribution < -0.4 is 16.4 Å². The summed E-state index contributed by atoms with van der Waals surface area (Å²) in [6, 6.07) is -2.51. The minimum absolute atomic E-state index is 0.113. The first kappa shape index (κ1) is 22.2. The van der Waals surface area contributed by atoms with Gasteiger partial charge in [-0.05, 0) is 25.2 Å². The van der Waals surface area contributed by atoms with Crippen LogP contribution in [-0.2, 0) is 19.2 Å². The van der Waals surface area contributed by atoms with Gasteiger partial charge in [0.25, 0.3) is 0 Å². The second-order valence-corrected chi connectivity index (χ2v) is 7.15. The summed E-state index contributed by atoms with van der Waals surface area (Å²) >= 11 is 3.91. The summed E-state index contributed by atoms with van der Waals surface area (Å²) in [5.41, 5.74) is 5.51. The second-order valence-electron chi connectivity index (χ2n) is 6.78. The summed E-state index contributed by atoms with van der Waals surface area (Å²) in [5.74, 6) is -2.23. The van der Waals surface area contributed by atoms with Gasteiger partial charge in [0.05, 0.1) is 12.6 Å². The van der Waals surface area contributed by atoms with E-state index < -0.39 is 41.8 Å². The number of nitrogens with zero attached hydrogens (tertiary/aromatic N) is 1. The van der Waals surface area contributed by atoms with Crippen LogP contribution in [0, 0.1) is 5.92 Å². The van der Waals surface area contributed by atoms with Crippen LogP contribution in [0.25, 0.3) is 0 Å². The highest BCUT2D eigenvalue weighted by Crippen LogP contribution is 2.20. The normalized spacial score (nSPS) is 19.1. The standard InChI is InChI=1S/C16H28N4O5S/c1-9(2)6-11(15(23)20-5-3-4-12(20)16(24)25)19-13(21)7-18-14(22)10(17)8-26/h9-12,26H,3-8,17H2,1-2H3,(H,18,22)(H,19,21)(H,24,25). The van der Waals surface area contributed by atoms with Gasteiger partial charge in [0.2, 0.25) is 17.7 Å². The molecule has 3 atom stereocenters. The maximum Gasteiger partial charge on any atom is 0.326 e. The van der Waals surface area contributed by atoms with Crippen molar-refractivity contribution >= 4 is 36.3 Å². The number of thiol groups is 1. The molecule has 0 bridgehead atoms. The van der Waals surface area contributed by atoms with E-state index in [2.05, 4.69) is 23.3 Å². The van der Waals surface area contributed by atoms with Crippen LogP contribution >= 0.6 is 12.6 Å². The van der Waals surface area contributed by atoms with E-state index >= 15 is 0 Å². The maximum atomic E-state index is 12.8. The molecule has 0 aromatic rings. The lowest BCUT2D eigenvalue weighted by Crippen LogP contribution is -2.54. The van der Waals surface area contributed by atoms with Crippen LogP contribution in [0.3, 0.4) is 0 Å². The number of amides is 3. The molecule has 1 aliphatic heterocycles. The summed E-state index contributed by atoms with van der Waals surface area (Å²) < 4.78 is 0. The molecule has 148 valence electrons. The monoisotopic (exact) mass is 388 g/mol. The van der Waals surface area contributed by atoms with Crippen molar-refractivity contribution in [2.45, 2.75) is 51.2 Å². The van der Waals surface area contributed by atoms with Crippen molar-refractivity contribution in [1.29, 1.82) is 0 Å². The highest BCUT2D eigenvalue weighted by atomic mass is 32.1. The van der Waals surface area contributed by atoms with Crippen LogP contribution in [0.1, 0.15) is 33.1 Å². The molecular weight excluding hydrogens is 360 g/mol. The maximum absolute atomic E-state index is 12.8. The SMILES string of the molecule is CC(C)CC(NC(=O)CNC(=O)C(N)CS)C(=O)N1CCCC1C(=O)O. The molecule has 0 aromatic heterocycles. The van der Waals surface area contributed by atoms with Crippen molar-refractivity contribution in [3.05, 3.63) is 0 Å². The van der Waals surface area contributed by atoms with E-state index in [0.29, 0.717) is 25.8 Å². The zero-order valence-corrected chi connectivity index (χ0v) is 16.0. The van der Waals surface area contributed by atoms with E-state index in [1.165, 1.54) is 4.90 Å². The Bertz CT molecular complexity index is 543. The fourth-order valence-corrected chi connectivity index (χ4v) is 2.97. The van der Waals surface area contributed by atoms with Gasteiger partial charge in [-0.2, -0.15) is 12.6 Å². The van der Waals surface area contributed by atoms with Gasteiger partial charge >= 0.3 is 5.97 Å². The number of hydrogen-bond acceptors (Lipinski definition) is 6. The number of hydrogen-bond donors (Lipinski definition) is 5. The third-order valence-corrected chi connectivity index (χ3v) is 4.51. The van der Waals surface area contributed by atoms with Gasteiger partial charge in [-0.15, -0.1) is 0 Å². The Morgan fingerprint density at radius 3 is 2.50 bits per heavy atom. The van der Waals surface area contributed by atoms with Crippen LogP contribution in [-0.4, -0.2) is 70.7 Å². The van der Waals surface area contributed by atoms with Gasteiger partial charge in [0, 0.05) is 12.3 Å². The molecule has 0 spiro atoms. The summed E-state index contributed by atoms with van der Waals surface area (Å²) in [4.78, 5) is 49.1. The average Bonchev–Trinajstić information content (AvgIpc) is 3.07. The molecule has 1 rings (SSSR count). The van der Waals surface area contributed by atoms with Crippen LogP contribution in [0.2, 0.25) is 0 Å². The van der Waals surface area contributed by atoms with E-state index in [1.54, 1.807) is 0 Å². The Hall–Kier alpha value is -1.81. The van der Waals surface area contributed by atoms with Gasteiger partial charge in [-0.3, -0.25) is 14.4 Å². The highest BCUT2D eigenvalue weighted by molar-refractivity contribution is 7.80. The zero-order valence-electron chi connectivity index (χ0n) is 15.1. The molecule has 1 saturated heterocycles. The van der Waals surface area contributed by atoms with Crippen molar-refractivity contribution in [1.82, 2.24) is 15.5 Å². The Kier molecular flexibility index (Phi) is 8.86. The molecule has 3 amide bonds. The molecule has 0 radical (unpaired) electrons. The largest absolute Gasteiger partial charge is 0.480 e. The second kappa shape index (κ2) is 10.4. The van der Waals surface area contributed by atoms with E-state index in [4.69, 9.17) is 5.73 Å². The van der Waals surface area contributed by atoms with E-state index in [1.807, 2.05) is 13.8 Å². The first-order valence-corrected chi connectivity index (χ1v) is 9.27. The number of carbonyl (C=O) groups is 4. The van der Waals surface area contributed by atoms with E-state index in [9.17, 15) is 24.3 Å². The fourth-order valence-electron chi connectivity index (χ4n) is 2.81. The number of nitrogens with two attached hydrogens (primary N) is 1. The van der Waals surface area contributed by atoms with Crippen molar-refractivity contribution < 1.29 is 24.3 Å². The number of aliphatic carboxylic acids is 1. The molecule has 1 fully saturated rings. The summed E-state index contributed by atoms with van der Waals surface area (Å²) in [5, 5.41) is 14.2. The number of carbonyl (C=O) groups excluding carboxylic acids is 3. The van der Waals surface area contributed by atoms with Crippen molar-refractivity contribution in [3.63, 3.8) is 0 Å². The Labute approximate surface area is 158 Å². The molecule has 9 nitrogen and oxygen atoms in total. The minimum atomic E-state index is -1.04. The number of rotatable bonds is 9. The number of nitrogens with one attached hydrogen (secondary N) is 2. The molecule has 10 heteroatoms. The quantitative estimate of drug-likeness (QED) is 0.320. The smallest absolute Gasteiger partial charge is 0.326 e.